The molecule has 0 unspecified atom stereocenters. The van der Waals surface area contributed by atoms with Crippen LogP contribution in [0.2, 0.25) is 0 Å². The van der Waals surface area contributed by atoms with Crippen LogP contribution in [0.15, 0.2) is 54.6 Å². The third kappa shape index (κ3) is 2.52. The minimum Gasteiger partial charge on any atom is -0.372 e. The first-order valence-electron chi connectivity index (χ1n) is 5.43. The van der Waals surface area contributed by atoms with Gasteiger partial charge in [0.25, 0.3) is 0 Å². The van der Waals surface area contributed by atoms with Crippen LogP contribution < -0.4 is 0 Å². The summed E-state index contributed by atoms with van der Waals surface area (Å²) in [5.74, 6) is 0. The van der Waals surface area contributed by atoms with E-state index in [2.05, 4.69) is 6.07 Å². The van der Waals surface area contributed by atoms with Crippen LogP contribution in [-0.2, 0) is 4.74 Å². The van der Waals surface area contributed by atoms with E-state index < -0.39 is 0 Å². The van der Waals surface area contributed by atoms with Gasteiger partial charge >= 0.3 is 0 Å². The Kier molecular flexibility index (Phi) is 3.54. The number of methoxy groups -OCH3 is 1. The van der Waals surface area contributed by atoms with Gasteiger partial charge in [0.15, 0.2) is 0 Å². The van der Waals surface area contributed by atoms with Gasteiger partial charge in [-0.15, -0.1) is 0 Å². The number of nitriles is 1. The molecule has 0 radical (unpaired) electrons. The Morgan fingerprint density at radius 2 is 1.53 bits per heavy atom. The molecule has 84 valence electrons. The Morgan fingerprint density at radius 1 is 0.941 bits per heavy atom. The molecule has 0 saturated carbocycles. The van der Waals surface area contributed by atoms with Crippen molar-refractivity contribution in [2.75, 3.05) is 7.11 Å². The molecule has 0 aromatic heterocycles. The summed E-state index contributed by atoms with van der Waals surface area (Å²) >= 11 is 0. The van der Waals surface area contributed by atoms with E-state index >= 15 is 0 Å². The summed E-state index contributed by atoms with van der Waals surface area (Å²) in [6.07, 6.45) is -0.0797. The maximum Gasteiger partial charge on any atom is 0.107 e. The third-order valence-corrected chi connectivity index (χ3v) is 2.68. The third-order valence-electron chi connectivity index (χ3n) is 2.68. The molecule has 2 heteroatoms. The lowest BCUT2D eigenvalue weighted by Gasteiger charge is -2.16. The summed E-state index contributed by atoms with van der Waals surface area (Å²) in [5.41, 5.74) is 2.83. The number of hydrogen-bond acceptors (Lipinski definition) is 2. The highest BCUT2D eigenvalue weighted by Crippen LogP contribution is 2.25. The van der Waals surface area contributed by atoms with Crippen LogP contribution >= 0.6 is 0 Å². The van der Waals surface area contributed by atoms with E-state index in [9.17, 15) is 0 Å². The van der Waals surface area contributed by atoms with Crippen LogP contribution in [0, 0.1) is 11.3 Å². The average Bonchev–Trinajstić information content (AvgIpc) is 2.42. The molecule has 0 saturated heterocycles. The van der Waals surface area contributed by atoms with E-state index in [4.69, 9.17) is 10.00 Å². The number of ether oxygens (including phenoxy) is 1. The topological polar surface area (TPSA) is 33.0 Å². The Hall–Kier alpha value is -2.11. The van der Waals surface area contributed by atoms with Gasteiger partial charge in [-0.25, -0.2) is 0 Å². The molecule has 2 aromatic carbocycles. The van der Waals surface area contributed by atoms with Crippen molar-refractivity contribution in [3.05, 3.63) is 71.3 Å². The highest BCUT2D eigenvalue weighted by molar-refractivity contribution is 5.36. The molecule has 0 fully saturated rings. The average molecular weight is 223 g/mol. The highest BCUT2D eigenvalue weighted by Gasteiger charge is 2.12. The number of nitrogens with zero attached hydrogens (tertiary/aromatic N) is 1. The van der Waals surface area contributed by atoms with Crippen molar-refractivity contribution in [2.24, 2.45) is 0 Å². The SMILES string of the molecule is CO[C@H](c1ccccc1)c1ccc(C#N)cc1. The summed E-state index contributed by atoms with van der Waals surface area (Å²) in [4.78, 5) is 0. The van der Waals surface area contributed by atoms with Gasteiger partial charge in [0.1, 0.15) is 6.10 Å². The van der Waals surface area contributed by atoms with Gasteiger partial charge in [-0.3, -0.25) is 0 Å². The number of rotatable bonds is 3. The summed E-state index contributed by atoms with van der Waals surface area (Å²) in [6, 6.07) is 19.6. The van der Waals surface area contributed by atoms with Gasteiger partial charge < -0.3 is 4.74 Å². The fraction of sp³-hybridized carbons (Fsp3) is 0.133. The van der Waals surface area contributed by atoms with Crippen LogP contribution in [-0.4, -0.2) is 7.11 Å². The van der Waals surface area contributed by atoms with E-state index in [0.29, 0.717) is 5.56 Å². The molecule has 0 bridgehead atoms. The Morgan fingerprint density at radius 3 is 2.06 bits per heavy atom. The second kappa shape index (κ2) is 5.29. The second-order valence-electron chi connectivity index (χ2n) is 3.76. The van der Waals surface area contributed by atoms with E-state index in [1.54, 1.807) is 7.11 Å². The van der Waals surface area contributed by atoms with Gasteiger partial charge in [0.05, 0.1) is 11.6 Å². The van der Waals surface area contributed by atoms with Crippen LogP contribution in [0.5, 0.6) is 0 Å². The van der Waals surface area contributed by atoms with E-state index in [1.807, 2.05) is 54.6 Å². The van der Waals surface area contributed by atoms with Crippen molar-refractivity contribution in [1.82, 2.24) is 0 Å². The molecule has 0 aliphatic rings. The molecule has 0 heterocycles. The van der Waals surface area contributed by atoms with Crippen LogP contribution in [0.1, 0.15) is 22.8 Å². The minimum atomic E-state index is -0.0797. The normalized spacial score (nSPS) is 11.8. The van der Waals surface area contributed by atoms with Gasteiger partial charge in [0.2, 0.25) is 0 Å². The number of benzene rings is 2. The lowest BCUT2D eigenvalue weighted by Crippen LogP contribution is -2.03. The molecule has 2 aromatic rings. The predicted molar refractivity (Wildman–Crippen MR) is 66.5 cm³/mol. The molecule has 0 amide bonds. The monoisotopic (exact) mass is 223 g/mol. The van der Waals surface area contributed by atoms with Crippen molar-refractivity contribution in [3.8, 4) is 6.07 Å². The Balaban J connectivity index is 2.33. The molecule has 17 heavy (non-hydrogen) atoms. The molecular weight excluding hydrogens is 210 g/mol. The van der Waals surface area contributed by atoms with Crippen molar-refractivity contribution in [1.29, 1.82) is 5.26 Å². The van der Waals surface area contributed by atoms with Gasteiger partial charge in [-0.1, -0.05) is 42.5 Å². The van der Waals surface area contributed by atoms with Crippen molar-refractivity contribution in [3.63, 3.8) is 0 Å². The van der Waals surface area contributed by atoms with Gasteiger partial charge in [-0.2, -0.15) is 5.26 Å². The molecule has 2 rings (SSSR count). The van der Waals surface area contributed by atoms with Crippen molar-refractivity contribution < 1.29 is 4.74 Å². The second-order valence-corrected chi connectivity index (χ2v) is 3.76. The van der Waals surface area contributed by atoms with Crippen LogP contribution in [0.4, 0.5) is 0 Å². The lowest BCUT2D eigenvalue weighted by molar-refractivity contribution is 0.136. The molecule has 0 spiro atoms. The molecule has 0 aliphatic heterocycles. The quantitative estimate of drug-likeness (QED) is 0.799. The molecular formula is C15H13NO. The van der Waals surface area contributed by atoms with Gasteiger partial charge in [0, 0.05) is 7.11 Å². The van der Waals surface area contributed by atoms with Crippen LogP contribution in [0.25, 0.3) is 0 Å². The first kappa shape index (κ1) is 11.4. The summed E-state index contributed by atoms with van der Waals surface area (Å²) < 4.78 is 5.51. The predicted octanol–water partition coefficient (Wildman–Crippen LogP) is 3.29. The van der Waals surface area contributed by atoms with Crippen LogP contribution in [0.3, 0.4) is 0 Å². The summed E-state index contributed by atoms with van der Waals surface area (Å²) in [7, 11) is 1.69. The Bertz CT molecular complexity index is 511. The maximum atomic E-state index is 8.76. The standard InChI is InChI=1S/C15H13NO/c1-17-15(13-5-3-2-4-6-13)14-9-7-12(11-16)8-10-14/h2-10,15H,1H3/t15-/m1/s1. The molecule has 1 atom stereocenters. The number of hydrogen-bond donors (Lipinski definition) is 0. The highest BCUT2D eigenvalue weighted by atomic mass is 16.5. The maximum absolute atomic E-state index is 8.76. The Labute approximate surface area is 101 Å². The summed E-state index contributed by atoms with van der Waals surface area (Å²) in [5, 5.41) is 8.76. The minimum absolute atomic E-state index is 0.0797. The first-order valence-corrected chi connectivity index (χ1v) is 5.43. The molecule has 2 nitrogen and oxygen atoms in total. The zero-order chi connectivity index (χ0) is 12.1. The lowest BCUT2D eigenvalue weighted by atomic mass is 10.0. The zero-order valence-electron chi connectivity index (χ0n) is 9.63. The van der Waals surface area contributed by atoms with E-state index in [1.165, 1.54) is 0 Å². The smallest absolute Gasteiger partial charge is 0.107 e. The molecule has 0 aliphatic carbocycles. The van der Waals surface area contributed by atoms with Crippen molar-refractivity contribution in [2.45, 2.75) is 6.10 Å². The zero-order valence-corrected chi connectivity index (χ0v) is 9.63. The summed E-state index contributed by atoms with van der Waals surface area (Å²) in [6.45, 7) is 0. The van der Waals surface area contributed by atoms with E-state index in [0.717, 1.165) is 11.1 Å². The fourth-order valence-electron chi connectivity index (χ4n) is 1.82. The fourth-order valence-corrected chi connectivity index (χ4v) is 1.82. The van der Waals surface area contributed by atoms with Gasteiger partial charge in [-0.05, 0) is 23.3 Å². The first-order chi connectivity index (χ1) is 8.35. The van der Waals surface area contributed by atoms with E-state index in [-0.39, 0.29) is 6.10 Å². The van der Waals surface area contributed by atoms with Crippen molar-refractivity contribution >= 4 is 0 Å². The largest absolute Gasteiger partial charge is 0.372 e. The molecule has 0 N–H and O–H groups in total.